The highest BCUT2D eigenvalue weighted by molar-refractivity contribution is 6.01. The van der Waals surface area contributed by atoms with Gasteiger partial charge in [-0.3, -0.25) is 4.79 Å². The Hall–Kier alpha value is -3.66. The fourth-order valence-corrected chi connectivity index (χ4v) is 5.37. The lowest BCUT2D eigenvalue weighted by Crippen LogP contribution is -2.30. The van der Waals surface area contributed by atoms with Crippen molar-refractivity contribution >= 4 is 5.91 Å². The Balaban J connectivity index is 1.56. The van der Waals surface area contributed by atoms with Crippen molar-refractivity contribution in [2.75, 3.05) is 0 Å². The molecule has 1 saturated carbocycles. The number of hydrogen-bond donors (Lipinski definition) is 1. The Morgan fingerprint density at radius 3 is 2.14 bits per heavy atom. The van der Waals surface area contributed by atoms with E-state index in [1.165, 1.54) is 31.2 Å². The highest BCUT2D eigenvalue weighted by Gasteiger charge is 2.28. The van der Waals surface area contributed by atoms with Crippen LogP contribution < -0.4 is 5.32 Å². The quantitative estimate of drug-likeness (QED) is 0.301. The van der Waals surface area contributed by atoms with Crippen molar-refractivity contribution in [3.05, 3.63) is 108 Å². The zero-order chi connectivity index (χ0) is 24.0. The lowest BCUT2D eigenvalue weighted by molar-refractivity contribution is 0.0930. The van der Waals surface area contributed by atoms with E-state index in [4.69, 9.17) is 5.10 Å². The van der Waals surface area contributed by atoms with Gasteiger partial charge in [-0.25, -0.2) is 4.68 Å². The van der Waals surface area contributed by atoms with Crippen LogP contribution in [0.1, 0.15) is 66.7 Å². The van der Waals surface area contributed by atoms with Gasteiger partial charge >= 0.3 is 0 Å². The number of nitrogens with zero attached hydrogens (tertiary/aromatic N) is 2. The highest BCUT2D eigenvalue weighted by Crippen LogP contribution is 2.34. The smallest absolute Gasteiger partial charge is 0.255 e. The summed E-state index contributed by atoms with van der Waals surface area (Å²) in [5.41, 5.74) is 5.43. The van der Waals surface area contributed by atoms with Crippen molar-refractivity contribution < 1.29 is 4.79 Å². The molecule has 1 fully saturated rings. The van der Waals surface area contributed by atoms with Crippen LogP contribution in [0.5, 0.6) is 0 Å². The van der Waals surface area contributed by atoms with E-state index in [0.29, 0.717) is 17.9 Å². The molecule has 4 heteroatoms. The fourth-order valence-electron chi connectivity index (χ4n) is 5.37. The standard InChI is InChI=1S/C31H33N3O/c1-2-28-29(30(25-18-8-4-9-19-25)33-34(28)26-20-10-5-11-21-26)31(35)32-27(22-23-14-12-13-15-23)24-16-6-3-7-17-24/h3-11,16-21,23,27H,2,12-15,22H2,1H3,(H,32,35). The number of carbonyl (C=O) groups excluding carboxylic acids is 1. The second-order valence-electron chi connectivity index (χ2n) is 9.46. The Morgan fingerprint density at radius 2 is 1.51 bits per heavy atom. The van der Waals surface area contributed by atoms with E-state index in [1.807, 2.05) is 71.4 Å². The summed E-state index contributed by atoms with van der Waals surface area (Å²) < 4.78 is 1.94. The third-order valence-corrected chi connectivity index (χ3v) is 7.14. The van der Waals surface area contributed by atoms with Crippen LogP contribution in [0.15, 0.2) is 91.0 Å². The second kappa shape index (κ2) is 10.7. The molecule has 1 aliphatic carbocycles. The second-order valence-corrected chi connectivity index (χ2v) is 9.46. The minimum absolute atomic E-state index is 0.0137. The molecular formula is C31H33N3O. The first-order valence-electron chi connectivity index (χ1n) is 12.8. The van der Waals surface area contributed by atoms with Gasteiger partial charge in [-0.1, -0.05) is 111 Å². The zero-order valence-corrected chi connectivity index (χ0v) is 20.4. The molecule has 1 unspecified atom stereocenters. The lowest BCUT2D eigenvalue weighted by Gasteiger charge is -2.23. The Morgan fingerprint density at radius 1 is 0.914 bits per heavy atom. The van der Waals surface area contributed by atoms with Gasteiger partial charge in [0.15, 0.2) is 0 Å². The van der Waals surface area contributed by atoms with Crippen LogP contribution in [0.25, 0.3) is 16.9 Å². The number of rotatable bonds is 8. The molecule has 35 heavy (non-hydrogen) atoms. The number of nitrogens with one attached hydrogen (secondary N) is 1. The monoisotopic (exact) mass is 463 g/mol. The molecule has 4 aromatic rings. The van der Waals surface area contributed by atoms with Crippen LogP contribution in [0.4, 0.5) is 0 Å². The maximum absolute atomic E-state index is 14.1. The molecule has 1 heterocycles. The molecule has 0 spiro atoms. The van der Waals surface area contributed by atoms with E-state index >= 15 is 0 Å². The van der Waals surface area contributed by atoms with Crippen molar-refractivity contribution in [2.24, 2.45) is 5.92 Å². The molecule has 3 aromatic carbocycles. The largest absolute Gasteiger partial charge is 0.345 e. The minimum Gasteiger partial charge on any atom is -0.345 e. The third-order valence-electron chi connectivity index (χ3n) is 7.14. The first-order valence-corrected chi connectivity index (χ1v) is 12.8. The van der Waals surface area contributed by atoms with Crippen molar-refractivity contribution in [1.29, 1.82) is 0 Å². The predicted molar refractivity (Wildman–Crippen MR) is 142 cm³/mol. The third kappa shape index (κ3) is 5.07. The Labute approximate surface area is 208 Å². The fraction of sp³-hybridized carbons (Fsp3) is 0.290. The van der Waals surface area contributed by atoms with Crippen molar-refractivity contribution in [1.82, 2.24) is 15.1 Å². The SMILES string of the molecule is CCc1c(C(=O)NC(CC2CCCC2)c2ccccc2)c(-c2ccccc2)nn1-c1ccccc1. The van der Waals surface area contributed by atoms with E-state index < -0.39 is 0 Å². The summed E-state index contributed by atoms with van der Waals surface area (Å²) in [6.45, 7) is 2.09. The summed E-state index contributed by atoms with van der Waals surface area (Å²) in [6.07, 6.45) is 6.77. The summed E-state index contributed by atoms with van der Waals surface area (Å²) in [6, 6.07) is 30.5. The zero-order valence-electron chi connectivity index (χ0n) is 20.4. The normalized spacial score (nSPS) is 14.7. The maximum Gasteiger partial charge on any atom is 0.255 e. The van der Waals surface area contributed by atoms with Crippen molar-refractivity contribution in [2.45, 2.75) is 51.5 Å². The number of carbonyl (C=O) groups is 1. The number of benzene rings is 3. The first kappa shape index (κ1) is 23.1. The van der Waals surface area contributed by atoms with Gasteiger partial charge in [0.2, 0.25) is 0 Å². The van der Waals surface area contributed by atoms with Gasteiger partial charge in [-0.05, 0) is 36.5 Å². The van der Waals surface area contributed by atoms with Crippen LogP contribution in [-0.4, -0.2) is 15.7 Å². The van der Waals surface area contributed by atoms with Gasteiger partial charge in [-0.15, -0.1) is 0 Å². The molecular weight excluding hydrogens is 430 g/mol. The average Bonchev–Trinajstić information content (AvgIpc) is 3.57. The molecule has 0 bridgehead atoms. The van der Waals surface area contributed by atoms with Gasteiger partial charge in [-0.2, -0.15) is 5.10 Å². The molecule has 0 radical (unpaired) electrons. The van der Waals surface area contributed by atoms with Crippen LogP contribution in [0.2, 0.25) is 0 Å². The van der Waals surface area contributed by atoms with Crippen LogP contribution in [-0.2, 0) is 6.42 Å². The molecule has 0 aliphatic heterocycles. The number of aromatic nitrogens is 2. The molecule has 0 saturated heterocycles. The van der Waals surface area contributed by atoms with Crippen molar-refractivity contribution in [3.8, 4) is 16.9 Å². The summed E-state index contributed by atoms with van der Waals surface area (Å²) in [5, 5.41) is 8.42. The van der Waals surface area contributed by atoms with Gasteiger partial charge in [0.1, 0.15) is 5.69 Å². The Bertz CT molecular complexity index is 1240. The van der Waals surface area contributed by atoms with Crippen LogP contribution >= 0.6 is 0 Å². The van der Waals surface area contributed by atoms with E-state index in [-0.39, 0.29) is 11.9 Å². The van der Waals surface area contributed by atoms with Crippen LogP contribution in [0.3, 0.4) is 0 Å². The van der Waals surface area contributed by atoms with E-state index in [9.17, 15) is 4.79 Å². The minimum atomic E-state index is -0.0465. The van der Waals surface area contributed by atoms with Gasteiger partial charge < -0.3 is 5.32 Å². The average molecular weight is 464 g/mol. The molecule has 178 valence electrons. The highest BCUT2D eigenvalue weighted by atomic mass is 16.1. The molecule has 1 aliphatic rings. The van der Waals surface area contributed by atoms with E-state index in [2.05, 4.69) is 36.5 Å². The molecule has 1 atom stereocenters. The number of amides is 1. The first-order chi connectivity index (χ1) is 17.2. The van der Waals surface area contributed by atoms with Gasteiger partial charge in [0, 0.05) is 5.56 Å². The summed E-state index contributed by atoms with van der Waals surface area (Å²) in [4.78, 5) is 14.1. The maximum atomic E-state index is 14.1. The molecule has 1 N–H and O–H groups in total. The summed E-state index contributed by atoms with van der Waals surface area (Å²) in [7, 11) is 0. The molecule has 5 rings (SSSR count). The Kier molecular flexibility index (Phi) is 7.08. The summed E-state index contributed by atoms with van der Waals surface area (Å²) >= 11 is 0. The van der Waals surface area contributed by atoms with E-state index in [1.54, 1.807) is 0 Å². The van der Waals surface area contributed by atoms with E-state index in [0.717, 1.165) is 29.1 Å². The molecule has 1 amide bonds. The van der Waals surface area contributed by atoms with Crippen molar-refractivity contribution in [3.63, 3.8) is 0 Å². The van der Waals surface area contributed by atoms with Crippen LogP contribution in [0, 0.1) is 5.92 Å². The summed E-state index contributed by atoms with van der Waals surface area (Å²) in [5.74, 6) is 0.613. The van der Waals surface area contributed by atoms with Gasteiger partial charge in [0.25, 0.3) is 5.91 Å². The number of hydrogen-bond acceptors (Lipinski definition) is 2. The number of para-hydroxylation sites is 1. The predicted octanol–water partition coefficient (Wildman–Crippen LogP) is 7.15. The molecule has 1 aromatic heterocycles. The topological polar surface area (TPSA) is 46.9 Å². The van der Waals surface area contributed by atoms with Gasteiger partial charge in [0.05, 0.1) is 23.0 Å². The lowest BCUT2D eigenvalue weighted by atomic mass is 9.93. The molecule has 4 nitrogen and oxygen atoms in total.